The van der Waals surface area contributed by atoms with Crippen molar-refractivity contribution in [2.45, 2.75) is 27.2 Å². The Morgan fingerprint density at radius 3 is 1.43 bits per heavy atom. The highest BCUT2D eigenvalue weighted by atomic mass is 32.2. The summed E-state index contributed by atoms with van der Waals surface area (Å²) in [7, 11) is 0. The molecule has 0 aliphatic heterocycles. The predicted octanol–water partition coefficient (Wildman–Crippen LogP) is 4.59. The fraction of sp³-hybridized carbons (Fsp3) is 0.429. The quantitative estimate of drug-likeness (QED) is 0.760. The average Bonchev–Trinajstić information content (AvgIpc) is 2.41. The first kappa shape index (κ1) is 25.6. The van der Waals surface area contributed by atoms with Gasteiger partial charge in [-0.25, -0.2) is 0 Å². The average molecular weight is 369 g/mol. The second-order valence-electron chi connectivity index (χ2n) is 3.24. The minimum Gasteiger partial charge on any atom is -0.494 e. The smallest absolute Gasteiger partial charge is 0.217 e. The van der Waals surface area contributed by atoms with E-state index in [0.717, 1.165) is 17.9 Å². The van der Waals surface area contributed by atoms with Crippen molar-refractivity contribution in [1.29, 1.82) is 0 Å². The lowest BCUT2D eigenvalue weighted by atomic mass is 10.2. The molecule has 1 rings (SSSR count). The van der Waals surface area contributed by atoms with Gasteiger partial charge in [-0.05, 0) is 47.9 Å². The van der Waals surface area contributed by atoms with Gasteiger partial charge in [0.05, 0.1) is 0 Å². The summed E-state index contributed by atoms with van der Waals surface area (Å²) >= 11 is 11.2. The lowest BCUT2D eigenvalue weighted by Crippen LogP contribution is -1.80. The van der Waals surface area contributed by atoms with E-state index in [1.165, 1.54) is 29.1 Å². The Balaban J connectivity index is -0.000000231. The predicted molar refractivity (Wildman–Crippen MR) is 106 cm³/mol. The van der Waals surface area contributed by atoms with E-state index in [1.807, 2.05) is 19.9 Å². The summed E-state index contributed by atoms with van der Waals surface area (Å²) in [6, 6.07) is 10.5. The molecule has 0 atom stereocenters. The van der Waals surface area contributed by atoms with Crippen LogP contribution in [0.2, 0.25) is 0 Å². The Morgan fingerprint density at radius 1 is 0.905 bits per heavy atom. The van der Waals surface area contributed by atoms with Crippen molar-refractivity contribution in [2.75, 3.05) is 11.5 Å². The number of rotatable bonds is 3. The number of aliphatic hydroxyl groups excluding tert-OH is 2. The SMILES string of the molecule is CCSC(O)=S.CCSC(O)=S.CCc1ccccc1.O. The molecule has 0 fully saturated rings. The normalized spacial score (nSPS) is 8.14. The van der Waals surface area contributed by atoms with Gasteiger partial charge in [-0.2, -0.15) is 0 Å². The maximum atomic E-state index is 8.25. The van der Waals surface area contributed by atoms with Gasteiger partial charge in [0.25, 0.3) is 0 Å². The first-order valence-corrected chi connectivity index (χ1v) is 9.01. The highest BCUT2D eigenvalue weighted by molar-refractivity contribution is 8.22. The molecule has 21 heavy (non-hydrogen) atoms. The van der Waals surface area contributed by atoms with Crippen molar-refractivity contribution in [3.05, 3.63) is 35.9 Å². The van der Waals surface area contributed by atoms with E-state index < -0.39 is 0 Å². The largest absolute Gasteiger partial charge is 0.494 e. The van der Waals surface area contributed by atoms with Crippen LogP contribution in [0.25, 0.3) is 0 Å². The summed E-state index contributed by atoms with van der Waals surface area (Å²) in [6.07, 6.45) is 1.14. The molecule has 4 N–H and O–H groups in total. The van der Waals surface area contributed by atoms with Gasteiger partial charge in [-0.1, -0.05) is 74.6 Å². The van der Waals surface area contributed by atoms with Crippen LogP contribution in [0.5, 0.6) is 0 Å². The summed E-state index contributed by atoms with van der Waals surface area (Å²) < 4.78 is 0.0787. The van der Waals surface area contributed by atoms with Gasteiger partial charge in [0.2, 0.25) is 8.77 Å². The van der Waals surface area contributed by atoms with E-state index >= 15 is 0 Å². The van der Waals surface area contributed by atoms with Gasteiger partial charge >= 0.3 is 0 Å². The van der Waals surface area contributed by atoms with Crippen LogP contribution in [0.1, 0.15) is 26.3 Å². The maximum Gasteiger partial charge on any atom is 0.217 e. The van der Waals surface area contributed by atoms with E-state index in [9.17, 15) is 0 Å². The number of hydrogen-bond donors (Lipinski definition) is 2. The summed E-state index contributed by atoms with van der Waals surface area (Å²) in [6.45, 7) is 6.04. The number of thiocarbonyl (C=S) groups is 2. The van der Waals surface area contributed by atoms with Crippen molar-refractivity contribution in [2.24, 2.45) is 0 Å². The monoisotopic (exact) mass is 368 g/mol. The zero-order chi connectivity index (χ0) is 15.8. The fourth-order valence-corrected chi connectivity index (χ4v) is 2.16. The van der Waals surface area contributed by atoms with Gasteiger partial charge in [0.1, 0.15) is 0 Å². The van der Waals surface area contributed by atoms with Crippen molar-refractivity contribution in [1.82, 2.24) is 0 Å². The van der Waals surface area contributed by atoms with Crippen LogP contribution in [-0.4, -0.2) is 36.0 Å². The molecule has 3 nitrogen and oxygen atoms in total. The molecule has 1 aromatic rings. The molecule has 0 saturated carbocycles. The second kappa shape index (κ2) is 19.7. The maximum absolute atomic E-state index is 8.25. The number of aliphatic hydroxyl groups is 2. The molecular weight excluding hydrogens is 344 g/mol. The van der Waals surface area contributed by atoms with E-state index in [-0.39, 0.29) is 14.2 Å². The van der Waals surface area contributed by atoms with Crippen LogP contribution in [0, 0.1) is 0 Å². The standard InChI is InChI=1S/C8H10.2C3H6OS2.H2O/c1-2-8-6-4-3-5-7-8;2*1-2-6-3(4)5;/h3-7H,2H2,1H3;2*2H2,1H3,(H,4,5);1H2. The molecular formula is C14H24O3S4. The summed E-state index contributed by atoms with van der Waals surface area (Å²) in [5.74, 6) is 1.71. The number of thioether (sulfide) groups is 2. The van der Waals surface area contributed by atoms with E-state index in [0.29, 0.717) is 0 Å². The van der Waals surface area contributed by atoms with E-state index in [2.05, 4.69) is 55.6 Å². The molecule has 0 aliphatic rings. The molecule has 0 heterocycles. The third kappa shape index (κ3) is 25.0. The Hall–Kier alpha value is -0.340. The third-order valence-electron chi connectivity index (χ3n) is 1.79. The van der Waals surface area contributed by atoms with Crippen molar-refractivity contribution >= 4 is 56.7 Å². The van der Waals surface area contributed by atoms with Crippen LogP contribution in [0.3, 0.4) is 0 Å². The van der Waals surface area contributed by atoms with Gasteiger partial charge in [0, 0.05) is 0 Å². The van der Waals surface area contributed by atoms with Gasteiger partial charge in [0.15, 0.2) is 0 Å². The zero-order valence-corrected chi connectivity index (χ0v) is 15.8. The second-order valence-corrected chi connectivity index (χ2v) is 7.03. The van der Waals surface area contributed by atoms with Crippen LogP contribution in [0.15, 0.2) is 30.3 Å². The molecule has 0 saturated heterocycles. The molecule has 1 aromatic carbocycles. The first-order valence-electron chi connectivity index (χ1n) is 6.23. The topological polar surface area (TPSA) is 72.0 Å². The Bertz CT molecular complexity index is 342. The molecule has 0 aliphatic carbocycles. The lowest BCUT2D eigenvalue weighted by molar-refractivity contribution is 0.585. The Kier molecular flexibility index (Phi) is 24.0. The zero-order valence-electron chi connectivity index (χ0n) is 12.5. The fourth-order valence-electron chi connectivity index (χ4n) is 0.961. The highest BCUT2D eigenvalue weighted by Gasteiger charge is 1.83. The minimum absolute atomic E-state index is 0. The van der Waals surface area contributed by atoms with E-state index in [1.54, 1.807) is 0 Å². The molecule has 0 radical (unpaired) electrons. The number of aryl methyl sites for hydroxylation is 1. The van der Waals surface area contributed by atoms with Gasteiger partial charge in [-0.15, -0.1) is 0 Å². The molecule has 0 unspecified atom stereocenters. The van der Waals surface area contributed by atoms with Crippen LogP contribution >= 0.6 is 48.0 Å². The molecule has 7 heteroatoms. The molecule has 0 amide bonds. The van der Waals surface area contributed by atoms with Crippen molar-refractivity contribution in [3.8, 4) is 0 Å². The van der Waals surface area contributed by atoms with Crippen LogP contribution < -0.4 is 0 Å². The molecule has 0 aromatic heterocycles. The lowest BCUT2D eigenvalue weighted by Gasteiger charge is -1.89. The Labute approximate surface area is 146 Å². The summed E-state index contributed by atoms with van der Waals surface area (Å²) in [5.41, 5.74) is 1.41. The van der Waals surface area contributed by atoms with Crippen LogP contribution in [-0.2, 0) is 6.42 Å². The number of hydrogen-bond acceptors (Lipinski definition) is 4. The highest BCUT2D eigenvalue weighted by Crippen LogP contribution is 1.98. The van der Waals surface area contributed by atoms with Gasteiger partial charge in [-0.3, -0.25) is 0 Å². The first-order chi connectivity index (χ1) is 9.47. The van der Waals surface area contributed by atoms with Crippen molar-refractivity contribution < 1.29 is 15.7 Å². The van der Waals surface area contributed by atoms with E-state index in [4.69, 9.17) is 10.2 Å². The van der Waals surface area contributed by atoms with Gasteiger partial charge < -0.3 is 15.7 Å². The third-order valence-corrected chi connectivity index (χ3v) is 3.57. The Morgan fingerprint density at radius 2 is 1.29 bits per heavy atom. The molecule has 0 bridgehead atoms. The minimum atomic E-state index is 0. The van der Waals surface area contributed by atoms with Crippen molar-refractivity contribution in [3.63, 3.8) is 0 Å². The molecule has 0 spiro atoms. The van der Waals surface area contributed by atoms with Crippen LogP contribution in [0.4, 0.5) is 0 Å². The summed E-state index contributed by atoms with van der Waals surface area (Å²) in [5, 5.41) is 16.5. The number of benzene rings is 1. The molecule has 122 valence electrons. The summed E-state index contributed by atoms with van der Waals surface area (Å²) in [4.78, 5) is 0.